The molecule has 0 bridgehead atoms. The monoisotopic (exact) mass is 326 g/mol. The maximum atomic E-state index is 10.3. The molecule has 0 aliphatic rings. The van der Waals surface area contributed by atoms with Crippen LogP contribution in [0.5, 0.6) is 0 Å². The van der Waals surface area contributed by atoms with E-state index >= 15 is 0 Å². The van der Waals surface area contributed by atoms with Gasteiger partial charge >= 0.3 is 5.97 Å². The van der Waals surface area contributed by atoms with Crippen LogP contribution in [0.25, 0.3) is 0 Å². The average Bonchev–Trinajstić information content (AvgIpc) is 2.50. The quantitative estimate of drug-likeness (QED) is 0.270. The van der Waals surface area contributed by atoms with Gasteiger partial charge < -0.3 is 5.11 Å². The summed E-state index contributed by atoms with van der Waals surface area (Å²) in [5.74, 6) is 1.47. The molecule has 2 nitrogen and oxygen atoms in total. The Balaban J connectivity index is 3.14. The Morgan fingerprint density at radius 1 is 0.955 bits per heavy atom. The predicted octanol–water partition coefficient (Wildman–Crippen LogP) is 6.22. The summed E-state index contributed by atoms with van der Waals surface area (Å²) in [6.45, 7) is 2.27. The van der Waals surface area contributed by atoms with E-state index in [1.54, 1.807) is 0 Å². The molecular formula is C19H34O2S. The second kappa shape index (κ2) is 18.4. The van der Waals surface area contributed by atoms with E-state index in [9.17, 15) is 4.79 Å². The third-order valence-corrected chi connectivity index (χ3v) is 4.56. The first-order valence-corrected chi connectivity index (χ1v) is 10.1. The summed E-state index contributed by atoms with van der Waals surface area (Å²) in [5, 5.41) is 8.48. The number of carboxylic acids is 1. The molecule has 0 saturated heterocycles. The van der Waals surface area contributed by atoms with Crippen molar-refractivity contribution in [3.05, 3.63) is 17.9 Å². The molecule has 0 aliphatic carbocycles. The minimum atomic E-state index is -0.742. The van der Waals surface area contributed by atoms with Crippen molar-refractivity contribution < 1.29 is 9.90 Å². The normalized spacial score (nSPS) is 10.2. The molecule has 0 fully saturated rings. The van der Waals surface area contributed by atoms with Crippen molar-refractivity contribution in [1.29, 1.82) is 0 Å². The zero-order valence-corrected chi connectivity index (χ0v) is 15.1. The van der Waals surface area contributed by atoms with Crippen molar-refractivity contribution in [2.45, 2.75) is 84.0 Å². The van der Waals surface area contributed by atoms with Crippen LogP contribution in [0.2, 0.25) is 0 Å². The van der Waals surface area contributed by atoms with Gasteiger partial charge in [-0.05, 0) is 30.7 Å². The van der Waals surface area contributed by atoms with Gasteiger partial charge in [0.15, 0.2) is 0 Å². The molecule has 0 radical (unpaired) electrons. The number of carbonyl (C=O) groups is 1. The minimum absolute atomic E-state index is 0.201. The van der Waals surface area contributed by atoms with Gasteiger partial charge in [0.2, 0.25) is 0 Å². The molecule has 0 spiro atoms. The summed E-state index contributed by atoms with van der Waals surface area (Å²) in [5.41, 5.74) is 3.05. The summed E-state index contributed by atoms with van der Waals surface area (Å²) in [7, 11) is 0. The number of rotatable bonds is 16. The third kappa shape index (κ3) is 19.3. The standard InChI is InChI=1S/C19H34O2S/c1-2-3-4-5-6-7-8-9-11-14-17-22-18-15-12-10-13-16-19(20)21/h10,15H,2-9,11,13-14,16-18H2,1H3,(H,20,21). The van der Waals surface area contributed by atoms with Gasteiger partial charge in [0.05, 0.1) is 0 Å². The van der Waals surface area contributed by atoms with Crippen LogP contribution in [0.15, 0.2) is 17.9 Å². The van der Waals surface area contributed by atoms with E-state index in [0.29, 0.717) is 6.42 Å². The predicted molar refractivity (Wildman–Crippen MR) is 98.7 cm³/mol. The first-order valence-electron chi connectivity index (χ1n) is 8.96. The molecule has 0 unspecified atom stereocenters. The SMILES string of the molecule is CCCCCCCCCCCCSCC=C=CCCC(=O)O. The van der Waals surface area contributed by atoms with Gasteiger partial charge in [-0.25, -0.2) is 0 Å². The van der Waals surface area contributed by atoms with Crippen molar-refractivity contribution >= 4 is 17.7 Å². The van der Waals surface area contributed by atoms with Crippen molar-refractivity contribution in [2.75, 3.05) is 11.5 Å². The molecule has 0 aromatic rings. The maximum Gasteiger partial charge on any atom is 0.303 e. The lowest BCUT2D eigenvalue weighted by Gasteiger charge is -2.02. The second-order valence-electron chi connectivity index (χ2n) is 5.76. The summed E-state index contributed by atoms with van der Waals surface area (Å²) in [6.07, 6.45) is 18.5. The van der Waals surface area contributed by atoms with Gasteiger partial charge in [-0.3, -0.25) is 4.79 Å². The summed E-state index contributed by atoms with van der Waals surface area (Å²) in [4.78, 5) is 10.3. The van der Waals surface area contributed by atoms with Gasteiger partial charge in [0.1, 0.15) is 0 Å². The van der Waals surface area contributed by atoms with Crippen LogP contribution in [0.1, 0.15) is 84.0 Å². The Kier molecular flexibility index (Phi) is 17.8. The summed E-state index contributed by atoms with van der Waals surface area (Å²) >= 11 is 1.94. The van der Waals surface area contributed by atoms with Crippen LogP contribution in [0.4, 0.5) is 0 Å². The number of hydrogen-bond donors (Lipinski definition) is 1. The molecule has 3 heteroatoms. The lowest BCUT2D eigenvalue weighted by molar-refractivity contribution is -0.136. The molecule has 0 atom stereocenters. The first kappa shape index (κ1) is 21.3. The lowest BCUT2D eigenvalue weighted by atomic mass is 10.1. The fourth-order valence-electron chi connectivity index (χ4n) is 2.24. The Morgan fingerprint density at radius 2 is 1.55 bits per heavy atom. The summed E-state index contributed by atoms with van der Waals surface area (Å²) < 4.78 is 0. The highest BCUT2D eigenvalue weighted by molar-refractivity contribution is 7.99. The smallest absolute Gasteiger partial charge is 0.303 e. The van der Waals surface area contributed by atoms with E-state index in [4.69, 9.17) is 5.11 Å². The number of aliphatic carboxylic acids is 1. The highest BCUT2D eigenvalue weighted by Crippen LogP contribution is 2.12. The zero-order chi connectivity index (χ0) is 16.3. The fourth-order valence-corrected chi connectivity index (χ4v) is 3.03. The van der Waals surface area contributed by atoms with E-state index in [2.05, 4.69) is 12.7 Å². The van der Waals surface area contributed by atoms with Gasteiger partial charge in [-0.2, -0.15) is 11.8 Å². The minimum Gasteiger partial charge on any atom is -0.481 e. The molecule has 0 aromatic heterocycles. The molecule has 0 amide bonds. The molecule has 1 N–H and O–H groups in total. The van der Waals surface area contributed by atoms with Crippen LogP contribution in [0.3, 0.4) is 0 Å². The van der Waals surface area contributed by atoms with Crippen LogP contribution >= 0.6 is 11.8 Å². The third-order valence-electron chi connectivity index (χ3n) is 3.58. The Bertz CT molecular complexity index is 307. The van der Waals surface area contributed by atoms with Crippen molar-refractivity contribution in [3.8, 4) is 0 Å². The molecule has 0 rings (SSSR count). The van der Waals surface area contributed by atoms with Crippen LogP contribution in [-0.2, 0) is 4.79 Å². The van der Waals surface area contributed by atoms with Crippen molar-refractivity contribution in [2.24, 2.45) is 0 Å². The topological polar surface area (TPSA) is 37.3 Å². The van der Waals surface area contributed by atoms with Crippen molar-refractivity contribution in [3.63, 3.8) is 0 Å². The first-order chi connectivity index (χ1) is 10.8. The average molecular weight is 327 g/mol. The Labute approximate surface area is 141 Å². The number of hydrogen-bond acceptors (Lipinski definition) is 2. The fraction of sp³-hybridized carbons (Fsp3) is 0.789. The number of carboxylic acid groups (broad SMARTS) is 1. The molecule has 0 saturated carbocycles. The highest BCUT2D eigenvalue weighted by atomic mass is 32.2. The van der Waals surface area contributed by atoms with E-state index in [-0.39, 0.29) is 6.42 Å². The van der Waals surface area contributed by atoms with Crippen molar-refractivity contribution in [1.82, 2.24) is 0 Å². The zero-order valence-electron chi connectivity index (χ0n) is 14.3. The van der Waals surface area contributed by atoms with Gasteiger partial charge in [0.25, 0.3) is 0 Å². The molecule has 0 aliphatic heterocycles. The summed E-state index contributed by atoms with van der Waals surface area (Å²) in [6, 6.07) is 0. The molecule has 128 valence electrons. The van der Waals surface area contributed by atoms with E-state index in [1.165, 1.54) is 70.0 Å². The van der Waals surface area contributed by atoms with Gasteiger partial charge in [0, 0.05) is 12.2 Å². The molecule has 0 heterocycles. The molecular weight excluding hydrogens is 292 g/mol. The Hall–Kier alpha value is -0.660. The molecule has 22 heavy (non-hydrogen) atoms. The van der Waals surface area contributed by atoms with E-state index in [0.717, 1.165) is 5.75 Å². The van der Waals surface area contributed by atoms with E-state index in [1.807, 2.05) is 23.9 Å². The second-order valence-corrected chi connectivity index (χ2v) is 6.91. The maximum absolute atomic E-state index is 10.3. The number of unbranched alkanes of at least 4 members (excludes halogenated alkanes) is 9. The highest BCUT2D eigenvalue weighted by Gasteiger charge is 1.93. The van der Waals surface area contributed by atoms with Gasteiger partial charge in [-0.15, -0.1) is 5.73 Å². The van der Waals surface area contributed by atoms with Crippen LogP contribution in [0, 0.1) is 0 Å². The van der Waals surface area contributed by atoms with E-state index < -0.39 is 5.97 Å². The lowest BCUT2D eigenvalue weighted by Crippen LogP contribution is -1.91. The number of thioether (sulfide) groups is 1. The molecule has 0 aromatic carbocycles. The van der Waals surface area contributed by atoms with Crippen LogP contribution in [-0.4, -0.2) is 22.6 Å². The van der Waals surface area contributed by atoms with Gasteiger partial charge in [-0.1, -0.05) is 64.7 Å². The van der Waals surface area contributed by atoms with Crippen LogP contribution < -0.4 is 0 Å². The Morgan fingerprint density at radius 3 is 2.14 bits per heavy atom. The largest absolute Gasteiger partial charge is 0.481 e.